The van der Waals surface area contributed by atoms with Gasteiger partial charge in [-0.05, 0) is 6.07 Å². The number of ketones is 1. The molecule has 0 fully saturated rings. The number of hydrogen-bond donors (Lipinski definition) is 0. The molecule has 3 nitrogen and oxygen atoms in total. The number of carbonyl (C=O) groups is 1. The van der Waals surface area contributed by atoms with Crippen LogP contribution in [0.1, 0.15) is 15.9 Å². The van der Waals surface area contributed by atoms with Gasteiger partial charge >= 0.3 is 6.18 Å². The number of benzene rings is 1. The maximum Gasteiger partial charge on any atom is 0.417 e. The Bertz CT molecular complexity index is 675. The molecule has 1 aromatic carbocycles. The van der Waals surface area contributed by atoms with Crippen LogP contribution < -0.4 is 5.56 Å². The minimum Gasteiger partial charge on any atom is -0.307 e. The van der Waals surface area contributed by atoms with Crippen molar-refractivity contribution in [3.63, 3.8) is 0 Å². The van der Waals surface area contributed by atoms with Crippen LogP contribution in [0, 0.1) is 0 Å². The van der Waals surface area contributed by atoms with Gasteiger partial charge in [0.05, 0.1) is 12.1 Å². The maximum absolute atomic E-state index is 12.6. The summed E-state index contributed by atoms with van der Waals surface area (Å²) in [5, 5.41) is 0. The summed E-state index contributed by atoms with van der Waals surface area (Å²) in [5.41, 5.74) is -1.27. The lowest BCUT2D eigenvalue weighted by Gasteiger charge is -2.10. The lowest BCUT2D eigenvalue weighted by molar-refractivity contribution is -0.138. The molecule has 6 heteroatoms. The molecular formula is C14H10F3NO2. The fourth-order valence-electron chi connectivity index (χ4n) is 1.69. The van der Waals surface area contributed by atoms with Crippen LogP contribution in [0.4, 0.5) is 13.2 Å². The van der Waals surface area contributed by atoms with E-state index in [0.29, 0.717) is 17.8 Å². The zero-order valence-electron chi connectivity index (χ0n) is 10.2. The van der Waals surface area contributed by atoms with E-state index in [9.17, 15) is 22.8 Å². The van der Waals surface area contributed by atoms with Gasteiger partial charge < -0.3 is 4.57 Å². The molecule has 0 saturated carbocycles. The fraction of sp³-hybridized carbons (Fsp3) is 0.143. The summed E-state index contributed by atoms with van der Waals surface area (Å²) in [4.78, 5) is 23.4. The summed E-state index contributed by atoms with van der Waals surface area (Å²) in [6.45, 7) is -0.424. The van der Waals surface area contributed by atoms with Gasteiger partial charge in [-0.3, -0.25) is 9.59 Å². The third-order valence-electron chi connectivity index (χ3n) is 2.72. The number of halogens is 3. The van der Waals surface area contributed by atoms with E-state index in [-0.39, 0.29) is 0 Å². The molecule has 0 bridgehead atoms. The van der Waals surface area contributed by atoms with Crippen molar-refractivity contribution in [1.82, 2.24) is 4.57 Å². The quantitative estimate of drug-likeness (QED) is 0.811. The van der Waals surface area contributed by atoms with Crippen LogP contribution in [0.3, 0.4) is 0 Å². The molecule has 0 spiro atoms. The summed E-state index contributed by atoms with van der Waals surface area (Å²) >= 11 is 0. The number of carbonyl (C=O) groups excluding carboxylic acids is 1. The van der Waals surface area contributed by atoms with Crippen molar-refractivity contribution in [2.45, 2.75) is 12.7 Å². The first kappa shape index (κ1) is 14.0. The topological polar surface area (TPSA) is 39.1 Å². The van der Waals surface area contributed by atoms with Gasteiger partial charge in [-0.25, -0.2) is 0 Å². The molecule has 1 aromatic heterocycles. The Hall–Kier alpha value is -2.37. The monoisotopic (exact) mass is 281 g/mol. The molecule has 0 radical (unpaired) electrons. The van der Waals surface area contributed by atoms with Crippen LogP contribution >= 0.6 is 0 Å². The average molecular weight is 281 g/mol. The molecule has 0 saturated heterocycles. The van der Waals surface area contributed by atoms with Crippen molar-refractivity contribution in [2.75, 3.05) is 0 Å². The summed E-state index contributed by atoms with van der Waals surface area (Å²) in [5.74, 6) is -0.424. The normalized spacial score (nSPS) is 11.3. The van der Waals surface area contributed by atoms with E-state index < -0.39 is 29.6 Å². The molecule has 0 unspecified atom stereocenters. The molecule has 104 valence electrons. The predicted molar refractivity (Wildman–Crippen MR) is 66.5 cm³/mol. The second-order valence-corrected chi connectivity index (χ2v) is 4.17. The van der Waals surface area contributed by atoms with Gasteiger partial charge in [-0.2, -0.15) is 13.2 Å². The van der Waals surface area contributed by atoms with E-state index in [1.807, 2.05) is 0 Å². The number of Topliss-reactive ketones (excluding diaryl/α,β-unsaturated/α-hetero) is 1. The lowest BCUT2D eigenvalue weighted by atomic mass is 10.1. The van der Waals surface area contributed by atoms with E-state index in [1.165, 1.54) is 0 Å². The molecule has 2 aromatic rings. The van der Waals surface area contributed by atoms with Crippen molar-refractivity contribution in [3.05, 3.63) is 70.1 Å². The highest BCUT2D eigenvalue weighted by atomic mass is 19.4. The van der Waals surface area contributed by atoms with Crippen LogP contribution in [0.15, 0.2) is 53.5 Å². The van der Waals surface area contributed by atoms with Crippen LogP contribution in [-0.2, 0) is 12.7 Å². The van der Waals surface area contributed by atoms with Gasteiger partial charge in [0.15, 0.2) is 5.78 Å². The Labute approximate surface area is 112 Å². The van der Waals surface area contributed by atoms with Gasteiger partial charge in [0.1, 0.15) is 0 Å². The minimum atomic E-state index is -4.55. The fourth-order valence-corrected chi connectivity index (χ4v) is 1.69. The number of hydrogen-bond acceptors (Lipinski definition) is 2. The standard InChI is InChI=1S/C14H10F3NO2/c15-14(16,17)11-6-7-13(20)18(8-11)9-12(19)10-4-2-1-3-5-10/h1-8H,9H2. The van der Waals surface area contributed by atoms with Crippen molar-refractivity contribution < 1.29 is 18.0 Å². The third-order valence-corrected chi connectivity index (χ3v) is 2.72. The Morgan fingerprint density at radius 2 is 1.70 bits per heavy atom. The van der Waals surface area contributed by atoms with E-state index in [1.54, 1.807) is 30.3 Å². The molecular weight excluding hydrogens is 271 g/mol. The highest BCUT2D eigenvalue weighted by Gasteiger charge is 2.31. The van der Waals surface area contributed by atoms with Crippen LogP contribution in [-0.4, -0.2) is 10.4 Å². The molecule has 0 aliphatic heterocycles. The second-order valence-electron chi connectivity index (χ2n) is 4.17. The largest absolute Gasteiger partial charge is 0.417 e. The first-order chi connectivity index (χ1) is 9.38. The average Bonchev–Trinajstić information content (AvgIpc) is 2.41. The highest BCUT2D eigenvalue weighted by Crippen LogP contribution is 2.28. The van der Waals surface area contributed by atoms with Crippen LogP contribution in [0.5, 0.6) is 0 Å². The van der Waals surface area contributed by atoms with Crippen LogP contribution in [0.2, 0.25) is 0 Å². The number of alkyl halides is 3. The van der Waals surface area contributed by atoms with E-state index in [0.717, 1.165) is 10.6 Å². The molecule has 0 N–H and O–H groups in total. The molecule has 1 heterocycles. The SMILES string of the molecule is O=C(Cn1cc(C(F)(F)F)ccc1=O)c1ccccc1. The van der Waals surface area contributed by atoms with E-state index in [4.69, 9.17) is 0 Å². The summed E-state index contributed by atoms with van der Waals surface area (Å²) in [6, 6.07) is 9.59. The molecule has 0 aliphatic rings. The Balaban J connectivity index is 2.30. The third kappa shape index (κ3) is 3.14. The number of pyridine rings is 1. The molecule has 20 heavy (non-hydrogen) atoms. The zero-order valence-corrected chi connectivity index (χ0v) is 10.2. The number of rotatable bonds is 3. The molecule has 0 atom stereocenters. The van der Waals surface area contributed by atoms with E-state index in [2.05, 4.69) is 0 Å². The maximum atomic E-state index is 12.6. The Morgan fingerprint density at radius 1 is 1.05 bits per heavy atom. The van der Waals surface area contributed by atoms with Crippen LogP contribution in [0.25, 0.3) is 0 Å². The smallest absolute Gasteiger partial charge is 0.307 e. The van der Waals surface area contributed by atoms with Gasteiger partial charge in [0, 0.05) is 17.8 Å². The van der Waals surface area contributed by atoms with Gasteiger partial charge in [0.25, 0.3) is 5.56 Å². The predicted octanol–water partition coefficient (Wildman–Crippen LogP) is 2.75. The first-order valence-electron chi connectivity index (χ1n) is 5.74. The summed E-state index contributed by atoms with van der Waals surface area (Å²) in [6.07, 6.45) is -3.89. The Morgan fingerprint density at radius 3 is 2.30 bits per heavy atom. The minimum absolute atomic E-state index is 0.344. The van der Waals surface area contributed by atoms with Gasteiger partial charge in [0.2, 0.25) is 0 Å². The Kier molecular flexibility index (Phi) is 3.74. The summed E-state index contributed by atoms with van der Waals surface area (Å²) in [7, 11) is 0. The molecule has 0 aliphatic carbocycles. The highest BCUT2D eigenvalue weighted by molar-refractivity contribution is 5.95. The van der Waals surface area contributed by atoms with Crippen molar-refractivity contribution in [1.29, 1.82) is 0 Å². The van der Waals surface area contributed by atoms with Gasteiger partial charge in [-0.1, -0.05) is 30.3 Å². The molecule has 2 rings (SSSR count). The van der Waals surface area contributed by atoms with E-state index >= 15 is 0 Å². The summed E-state index contributed by atoms with van der Waals surface area (Å²) < 4.78 is 38.4. The lowest BCUT2D eigenvalue weighted by Crippen LogP contribution is -2.25. The van der Waals surface area contributed by atoms with Crippen molar-refractivity contribution in [2.24, 2.45) is 0 Å². The first-order valence-corrected chi connectivity index (χ1v) is 5.74. The number of nitrogens with zero attached hydrogens (tertiary/aromatic N) is 1. The molecule has 0 amide bonds. The van der Waals surface area contributed by atoms with Crippen molar-refractivity contribution >= 4 is 5.78 Å². The zero-order chi connectivity index (χ0) is 14.8. The van der Waals surface area contributed by atoms with Gasteiger partial charge in [-0.15, -0.1) is 0 Å². The number of aromatic nitrogens is 1. The van der Waals surface area contributed by atoms with Crippen molar-refractivity contribution in [3.8, 4) is 0 Å². The second kappa shape index (κ2) is 5.32.